The second-order valence-corrected chi connectivity index (χ2v) is 8.71. The lowest BCUT2D eigenvalue weighted by Crippen LogP contribution is -2.49. The predicted octanol–water partition coefficient (Wildman–Crippen LogP) is 4.84. The van der Waals surface area contributed by atoms with Gasteiger partial charge in [-0.2, -0.15) is 0 Å². The Labute approximate surface area is 135 Å². The Morgan fingerprint density at radius 2 is 2.00 bits per heavy atom. The van der Waals surface area contributed by atoms with Crippen molar-refractivity contribution in [1.29, 1.82) is 0 Å². The summed E-state index contributed by atoms with van der Waals surface area (Å²) in [7, 11) is 0. The SMILES string of the molecule is C=CC1=C(C)[C@@H]2O[C@@H](O)C[C@@H]3C(C)(C)CCC[C@]3(C)[C@@H]2CC1. The molecule has 0 amide bonds. The molecular weight excluding hydrogens is 272 g/mol. The number of fused-ring (bicyclic) bond motifs is 3. The van der Waals surface area contributed by atoms with Crippen LogP contribution in [0.1, 0.15) is 66.2 Å². The van der Waals surface area contributed by atoms with E-state index in [1.54, 1.807) is 0 Å². The van der Waals surface area contributed by atoms with Crippen LogP contribution >= 0.6 is 0 Å². The molecule has 0 bridgehead atoms. The smallest absolute Gasteiger partial charge is 0.155 e. The van der Waals surface area contributed by atoms with Crippen molar-refractivity contribution in [3.05, 3.63) is 23.8 Å². The first-order chi connectivity index (χ1) is 10.3. The van der Waals surface area contributed by atoms with Crippen LogP contribution in [0.25, 0.3) is 0 Å². The number of rotatable bonds is 1. The number of aliphatic hydroxyl groups excluding tert-OH is 1. The maximum atomic E-state index is 10.5. The number of ether oxygens (including phenoxy) is 1. The monoisotopic (exact) mass is 304 g/mol. The van der Waals surface area contributed by atoms with Crippen LogP contribution in [0.2, 0.25) is 0 Å². The van der Waals surface area contributed by atoms with Gasteiger partial charge in [-0.15, -0.1) is 0 Å². The molecule has 124 valence electrons. The molecule has 2 fully saturated rings. The highest BCUT2D eigenvalue weighted by Gasteiger charge is 2.55. The van der Waals surface area contributed by atoms with Crippen LogP contribution in [0, 0.1) is 22.7 Å². The van der Waals surface area contributed by atoms with Gasteiger partial charge >= 0.3 is 0 Å². The van der Waals surface area contributed by atoms with E-state index in [2.05, 4.69) is 34.3 Å². The molecule has 0 unspecified atom stereocenters. The van der Waals surface area contributed by atoms with Gasteiger partial charge in [-0.1, -0.05) is 39.8 Å². The lowest BCUT2D eigenvalue weighted by Gasteiger charge is -2.55. The maximum absolute atomic E-state index is 10.5. The Balaban J connectivity index is 2.05. The van der Waals surface area contributed by atoms with Crippen LogP contribution in [0.15, 0.2) is 23.8 Å². The van der Waals surface area contributed by atoms with Gasteiger partial charge in [0.1, 0.15) is 0 Å². The first-order valence-electron chi connectivity index (χ1n) is 8.95. The summed E-state index contributed by atoms with van der Waals surface area (Å²) in [5.74, 6) is 1.06. The molecule has 0 radical (unpaired) electrons. The van der Waals surface area contributed by atoms with Crippen LogP contribution in [0.3, 0.4) is 0 Å². The van der Waals surface area contributed by atoms with E-state index in [1.165, 1.54) is 36.8 Å². The van der Waals surface area contributed by atoms with E-state index in [0.29, 0.717) is 17.3 Å². The average Bonchev–Trinajstić information content (AvgIpc) is 2.56. The molecule has 1 heterocycles. The molecule has 0 aromatic heterocycles. The van der Waals surface area contributed by atoms with Crippen molar-refractivity contribution in [2.75, 3.05) is 0 Å². The van der Waals surface area contributed by atoms with Crippen LogP contribution in [0.4, 0.5) is 0 Å². The number of hydrogen-bond acceptors (Lipinski definition) is 2. The fourth-order valence-corrected chi connectivity index (χ4v) is 5.90. The summed E-state index contributed by atoms with van der Waals surface area (Å²) in [6, 6.07) is 0. The first-order valence-corrected chi connectivity index (χ1v) is 8.95. The fourth-order valence-electron chi connectivity index (χ4n) is 5.90. The van der Waals surface area contributed by atoms with E-state index >= 15 is 0 Å². The second kappa shape index (κ2) is 5.49. The van der Waals surface area contributed by atoms with E-state index in [4.69, 9.17) is 4.74 Å². The van der Waals surface area contributed by atoms with Gasteiger partial charge < -0.3 is 9.84 Å². The Bertz CT molecular complexity index is 490. The van der Waals surface area contributed by atoms with E-state index in [-0.39, 0.29) is 11.5 Å². The minimum atomic E-state index is -0.629. The maximum Gasteiger partial charge on any atom is 0.155 e. The third-order valence-corrected chi connectivity index (χ3v) is 7.13. The van der Waals surface area contributed by atoms with Crippen molar-refractivity contribution in [2.24, 2.45) is 22.7 Å². The van der Waals surface area contributed by atoms with Gasteiger partial charge in [0.15, 0.2) is 6.29 Å². The third kappa shape index (κ3) is 2.39. The van der Waals surface area contributed by atoms with Gasteiger partial charge in [0.25, 0.3) is 0 Å². The molecule has 2 aliphatic carbocycles. The molecule has 2 heteroatoms. The van der Waals surface area contributed by atoms with Crippen molar-refractivity contribution in [3.8, 4) is 0 Å². The highest BCUT2D eigenvalue weighted by molar-refractivity contribution is 5.30. The van der Waals surface area contributed by atoms with Crippen molar-refractivity contribution >= 4 is 0 Å². The Hall–Kier alpha value is -0.600. The van der Waals surface area contributed by atoms with Crippen molar-refractivity contribution in [2.45, 2.75) is 78.6 Å². The molecule has 1 saturated heterocycles. The molecule has 2 nitrogen and oxygen atoms in total. The zero-order valence-corrected chi connectivity index (χ0v) is 14.7. The van der Waals surface area contributed by atoms with E-state index in [9.17, 15) is 5.11 Å². The summed E-state index contributed by atoms with van der Waals surface area (Å²) in [4.78, 5) is 0. The summed E-state index contributed by atoms with van der Waals surface area (Å²) >= 11 is 0. The van der Waals surface area contributed by atoms with Crippen LogP contribution in [-0.2, 0) is 4.74 Å². The molecule has 3 rings (SSSR count). The number of aliphatic hydroxyl groups is 1. The summed E-state index contributed by atoms with van der Waals surface area (Å²) in [5.41, 5.74) is 3.20. The summed E-state index contributed by atoms with van der Waals surface area (Å²) in [5, 5.41) is 10.5. The molecule has 22 heavy (non-hydrogen) atoms. The van der Waals surface area contributed by atoms with Crippen molar-refractivity contribution < 1.29 is 9.84 Å². The van der Waals surface area contributed by atoms with Crippen LogP contribution in [0.5, 0.6) is 0 Å². The Kier molecular flexibility index (Phi) is 4.06. The topological polar surface area (TPSA) is 29.5 Å². The predicted molar refractivity (Wildman–Crippen MR) is 90.3 cm³/mol. The minimum absolute atomic E-state index is 0.0700. The Morgan fingerprint density at radius 3 is 2.68 bits per heavy atom. The lowest BCUT2D eigenvalue weighted by atomic mass is 9.49. The summed E-state index contributed by atoms with van der Waals surface area (Å²) < 4.78 is 6.16. The molecular formula is C20H32O2. The summed E-state index contributed by atoms with van der Waals surface area (Å²) in [6.07, 6.45) is 8.33. The van der Waals surface area contributed by atoms with Crippen molar-refractivity contribution in [1.82, 2.24) is 0 Å². The standard InChI is InChI=1S/C20H32O2/c1-6-14-8-9-15-18(13(14)2)22-17(21)12-16-19(3,4)10-7-11-20(15,16)5/h6,15-18,21H,1,7-12H2,2-5H3/t15-,16-,17-,18+,20-/m1/s1. The summed E-state index contributed by atoms with van der Waals surface area (Å²) in [6.45, 7) is 13.4. The van der Waals surface area contributed by atoms with Gasteiger partial charge in [-0.25, -0.2) is 0 Å². The highest BCUT2D eigenvalue weighted by atomic mass is 16.6. The molecule has 0 spiro atoms. The fraction of sp³-hybridized carbons (Fsp3) is 0.800. The Morgan fingerprint density at radius 1 is 1.27 bits per heavy atom. The molecule has 0 aromatic carbocycles. The molecule has 5 atom stereocenters. The first kappa shape index (κ1) is 16.3. The lowest BCUT2D eigenvalue weighted by molar-refractivity contribution is -0.138. The highest BCUT2D eigenvalue weighted by Crippen LogP contribution is 2.61. The van der Waals surface area contributed by atoms with E-state index in [1.807, 2.05) is 6.08 Å². The number of hydrogen-bond donors (Lipinski definition) is 1. The zero-order chi connectivity index (χ0) is 16.1. The minimum Gasteiger partial charge on any atom is -0.368 e. The van der Waals surface area contributed by atoms with Crippen LogP contribution in [-0.4, -0.2) is 17.5 Å². The molecule has 3 aliphatic rings. The normalized spacial score (nSPS) is 44.8. The van der Waals surface area contributed by atoms with Gasteiger partial charge in [0.05, 0.1) is 6.10 Å². The van der Waals surface area contributed by atoms with Gasteiger partial charge in [-0.3, -0.25) is 0 Å². The van der Waals surface area contributed by atoms with Gasteiger partial charge in [0.2, 0.25) is 0 Å². The second-order valence-electron chi connectivity index (χ2n) is 8.71. The van der Waals surface area contributed by atoms with E-state index < -0.39 is 6.29 Å². The molecule has 1 saturated carbocycles. The molecule has 1 N–H and O–H groups in total. The van der Waals surface area contributed by atoms with Crippen LogP contribution < -0.4 is 0 Å². The zero-order valence-electron chi connectivity index (χ0n) is 14.7. The van der Waals surface area contributed by atoms with Crippen molar-refractivity contribution in [3.63, 3.8) is 0 Å². The average molecular weight is 304 g/mol. The molecule has 1 aliphatic heterocycles. The van der Waals surface area contributed by atoms with E-state index in [0.717, 1.165) is 12.8 Å². The largest absolute Gasteiger partial charge is 0.368 e. The van der Waals surface area contributed by atoms with Gasteiger partial charge in [0, 0.05) is 6.42 Å². The quantitative estimate of drug-likeness (QED) is 0.751. The molecule has 0 aromatic rings. The van der Waals surface area contributed by atoms with Gasteiger partial charge in [-0.05, 0) is 66.4 Å². The third-order valence-electron chi connectivity index (χ3n) is 7.13. The number of allylic oxidation sites excluding steroid dienone is 2.